The summed E-state index contributed by atoms with van der Waals surface area (Å²) in [5.41, 5.74) is 0. The number of carbonyl (C=O) groups excluding carboxylic acids is 1. The summed E-state index contributed by atoms with van der Waals surface area (Å²) < 4.78 is 0. The number of rotatable bonds is 48. The summed E-state index contributed by atoms with van der Waals surface area (Å²) in [5.74, 6) is -0.0761. The van der Waals surface area contributed by atoms with Gasteiger partial charge in [-0.2, -0.15) is 0 Å². The molecule has 59 heavy (non-hydrogen) atoms. The predicted octanol–water partition coefficient (Wildman–Crippen LogP) is 17.1. The van der Waals surface area contributed by atoms with Crippen molar-refractivity contribution in [3.8, 4) is 0 Å². The molecule has 0 aliphatic rings. The van der Waals surface area contributed by atoms with Crippen molar-refractivity contribution in [3.63, 3.8) is 0 Å². The van der Waals surface area contributed by atoms with Crippen LogP contribution in [0.15, 0.2) is 48.6 Å². The second-order valence-corrected chi connectivity index (χ2v) is 17.9. The van der Waals surface area contributed by atoms with E-state index >= 15 is 0 Å². The van der Waals surface area contributed by atoms with E-state index in [0.29, 0.717) is 6.42 Å². The largest absolute Gasteiger partial charge is 0.394 e. The molecule has 0 bridgehead atoms. The summed E-state index contributed by atoms with van der Waals surface area (Å²) >= 11 is 0. The van der Waals surface area contributed by atoms with Crippen LogP contribution in [0.25, 0.3) is 0 Å². The molecule has 0 saturated heterocycles. The van der Waals surface area contributed by atoms with E-state index in [4.69, 9.17) is 0 Å². The number of allylic oxidation sites excluding steroid dienone is 7. The molecule has 3 N–H and O–H groups in total. The highest BCUT2D eigenvalue weighted by molar-refractivity contribution is 5.76. The number of aliphatic hydroxyl groups is 2. The number of carbonyl (C=O) groups is 1. The van der Waals surface area contributed by atoms with Crippen LogP contribution < -0.4 is 5.32 Å². The lowest BCUT2D eigenvalue weighted by Crippen LogP contribution is -2.45. The molecule has 0 aliphatic heterocycles. The minimum Gasteiger partial charge on any atom is -0.394 e. The van der Waals surface area contributed by atoms with Gasteiger partial charge < -0.3 is 15.5 Å². The third kappa shape index (κ3) is 47.3. The quantitative estimate of drug-likeness (QED) is 0.0423. The Bertz CT molecular complexity index is 939. The minimum absolute atomic E-state index is 0.0761. The van der Waals surface area contributed by atoms with Crippen molar-refractivity contribution in [2.75, 3.05) is 6.61 Å². The van der Waals surface area contributed by atoms with E-state index < -0.39 is 12.1 Å². The molecule has 1 amide bonds. The molecule has 0 aromatic rings. The van der Waals surface area contributed by atoms with Crippen molar-refractivity contribution >= 4 is 5.91 Å². The van der Waals surface area contributed by atoms with Gasteiger partial charge in [-0.05, 0) is 64.2 Å². The fraction of sp³-hybridized carbons (Fsp3) is 0.836. The van der Waals surface area contributed by atoms with E-state index in [1.165, 1.54) is 218 Å². The lowest BCUT2D eigenvalue weighted by molar-refractivity contribution is -0.123. The molecule has 0 aromatic heterocycles. The number of unbranched alkanes of at least 4 members (excludes halogenated alkanes) is 35. The van der Waals surface area contributed by atoms with Crippen molar-refractivity contribution < 1.29 is 15.0 Å². The standard InChI is InChI=1S/C55H103NO3/c1-3-5-7-9-11-13-15-17-18-19-20-21-22-23-24-25-26-27-28-29-30-31-32-33-34-35-36-37-38-39-41-43-45-47-49-51-55(59)56-53(52-57)54(58)50-48-46-44-42-40-16-14-12-10-8-6-4-2/h10,12,19-20,40,42,48,50,53-54,57-58H,3-9,11,13-18,21-39,41,43-47,49,51-52H2,1-2H3,(H,56,59)/b12-10+,20-19-,42-40+,50-48+. The summed E-state index contributed by atoms with van der Waals surface area (Å²) in [7, 11) is 0. The van der Waals surface area contributed by atoms with Crippen molar-refractivity contribution in [2.24, 2.45) is 0 Å². The molecule has 0 radical (unpaired) electrons. The normalized spacial score (nSPS) is 13.2. The Hall–Kier alpha value is -1.65. The zero-order chi connectivity index (χ0) is 42.8. The Kier molecular flexibility index (Phi) is 49.3. The highest BCUT2D eigenvalue weighted by atomic mass is 16.3. The van der Waals surface area contributed by atoms with Gasteiger partial charge in [-0.25, -0.2) is 0 Å². The molecule has 0 fully saturated rings. The lowest BCUT2D eigenvalue weighted by Gasteiger charge is -2.19. The van der Waals surface area contributed by atoms with Crippen molar-refractivity contribution in [2.45, 2.75) is 289 Å². The maximum absolute atomic E-state index is 12.4. The van der Waals surface area contributed by atoms with Gasteiger partial charge in [0.1, 0.15) is 0 Å². The zero-order valence-corrected chi connectivity index (χ0v) is 39.8. The van der Waals surface area contributed by atoms with Gasteiger partial charge in [0.15, 0.2) is 0 Å². The molecule has 2 atom stereocenters. The molecule has 0 aliphatic carbocycles. The average molecular weight is 826 g/mol. The monoisotopic (exact) mass is 826 g/mol. The van der Waals surface area contributed by atoms with E-state index in [1.807, 2.05) is 6.08 Å². The second kappa shape index (κ2) is 50.7. The first kappa shape index (κ1) is 57.3. The van der Waals surface area contributed by atoms with Gasteiger partial charge in [-0.3, -0.25) is 4.79 Å². The molecule has 0 heterocycles. The maximum atomic E-state index is 12.4. The number of hydrogen-bond donors (Lipinski definition) is 3. The van der Waals surface area contributed by atoms with Gasteiger partial charge in [-0.15, -0.1) is 0 Å². The molecule has 0 spiro atoms. The summed E-state index contributed by atoms with van der Waals surface area (Å²) in [6.07, 6.45) is 69.9. The number of hydrogen-bond acceptors (Lipinski definition) is 3. The van der Waals surface area contributed by atoms with Crippen LogP contribution in [-0.2, 0) is 4.79 Å². The Labute approximate surface area is 369 Å². The Morgan fingerprint density at radius 3 is 1.03 bits per heavy atom. The molecule has 0 saturated carbocycles. The lowest BCUT2D eigenvalue weighted by atomic mass is 10.0. The predicted molar refractivity (Wildman–Crippen MR) is 262 cm³/mol. The average Bonchev–Trinajstić information content (AvgIpc) is 3.24. The zero-order valence-electron chi connectivity index (χ0n) is 39.8. The van der Waals surface area contributed by atoms with Crippen LogP contribution in [-0.4, -0.2) is 34.9 Å². The van der Waals surface area contributed by atoms with Crippen molar-refractivity contribution in [3.05, 3.63) is 48.6 Å². The van der Waals surface area contributed by atoms with Crippen molar-refractivity contribution in [1.29, 1.82) is 0 Å². The summed E-state index contributed by atoms with van der Waals surface area (Å²) in [4.78, 5) is 12.4. The minimum atomic E-state index is -0.868. The van der Waals surface area contributed by atoms with Gasteiger partial charge in [0.2, 0.25) is 5.91 Å². The first-order valence-corrected chi connectivity index (χ1v) is 26.4. The molecular weight excluding hydrogens is 723 g/mol. The van der Waals surface area contributed by atoms with Crippen LogP contribution in [0.4, 0.5) is 0 Å². The van der Waals surface area contributed by atoms with Crippen LogP contribution in [0, 0.1) is 0 Å². The third-order valence-corrected chi connectivity index (χ3v) is 12.0. The van der Waals surface area contributed by atoms with Gasteiger partial charge in [0, 0.05) is 6.42 Å². The van der Waals surface area contributed by atoms with Crippen LogP contribution in [0.5, 0.6) is 0 Å². The van der Waals surface area contributed by atoms with E-state index in [9.17, 15) is 15.0 Å². The molecule has 0 aromatic carbocycles. The van der Waals surface area contributed by atoms with Gasteiger partial charge >= 0.3 is 0 Å². The topological polar surface area (TPSA) is 69.6 Å². The smallest absolute Gasteiger partial charge is 0.220 e. The number of amides is 1. The van der Waals surface area contributed by atoms with Gasteiger partial charge in [0.05, 0.1) is 18.8 Å². The summed E-state index contributed by atoms with van der Waals surface area (Å²) in [6, 6.07) is -0.643. The van der Waals surface area contributed by atoms with Crippen molar-refractivity contribution in [1.82, 2.24) is 5.32 Å². The SMILES string of the molecule is CCCC/C=C/CC/C=C/CC/C=C/C(O)C(CO)NC(=O)CCCCCCCCCCCCCCCCCCCCCCCCC/C=C\CCCCCCCCCC. The fourth-order valence-electron chi connectivity index (χ4n) is 7.96. The molecule has 0 rings (SSSR count). The van der Waals surface area contributed by atoms with Gasteiger partial charge in [-0.1, -0.05) is 255 Å². The molecule has 4 nitrogen and oxygen atoms in total. The van der Waals surface area contributed by atoms with E-state index in [0.717, 1.165) is 38.5 Å². The Morgan fingerprint density at radius 1 is 0.390 bits per heavy atom. The number of nitrogens with one attached hydrogen (secondary N) is 1. The summed E-state index contributed by atoms with van der Waals surface area (Å²) in [5, 5.41) is 23.0. The summed E-state index contributed by atoms with van der Waals surface area (Å²) in [6.45, 7) is 4.25. The fourth-order valence-corrected chi connectivity index (χ4v) is 7.96. The third-order valence-electron chi connectivity index (χ3n) is 12.0. The molecule has 346 valence electrons. The highest BCUT2D eigenvalue weighted by Gasteiger charge is 2.17. The first-order chi connectivity index (χ1) is 29.2. The molecule has 2 unspecified atom stereocenters. The molecule has 4 heteroatoms. The Balaban J connectivity index is 3.41. The van der Waals surface area contributed by atoms with Crippen LogP contribution >= 0.6 is 0 Å². The van der Waals surface area contributed by atoms with Gasteiger partial charge in [0.25, 0.3) is 0 Å². The van der Waals surface area contributed by atoms with E-state index in [-0.39, 0.29) is 12.5 Å². The second-order valence-electron chi connectivity index (χ2n) is 17.9. The van der Waals surface area contributed by atoms with E-state index in [1.54, 1.807) is 6.08 Å². The highest BCUT2D eigenvalue weighted by Crippen LogP contribution is 2.17. The van der Waals surface area contributed by atoms with E-state index in [2.05, 4.69) is 55.6 Å². The molecular formula is C55H103NO3. The van der Waals surface area contributed by atoms with Crippen LogP contribution in [0.3, 0.4) is 0 Å². The Morgan fingerprint density at radius 2 is 0.678 bits per heavy atom. The first-order valence-electron chi connectivity index (χ1n) is 26.4. The number of aliphatic hydroxyl groups excluding tert-OH is 2. The van der Waals surface area contributed by atoms with Crippen LogP contribution in [0.1, 0.15) is 277 Å². The van der Waals surface area contributed by atoms with Crippen LogP contribution in [0.2, 0.25) is 0 Å². The maximum Gasteiger partial charge on any atom is 0.220 e.